The van der Waals surface area contributed by atoms with Crippen LogP contribution in [0.3, 0.4) is 0 Å². The van der Waals surface area contributed by atoms with E-state index in [1.54, 1.807) is 7.11 Å². The smallest absolute Gasteiger partial charge is 0.237 e. The van der Waals surface area contributed by atoms with E-state index in [2.05, 4.69) is 0 Å². The van der Waals surface area contributed by atoms with Crippen molar-refractivity contribution in [1.82, 2.24) is 9.80 Å². The average Bonchev–Trinajstić information content (AvgIpc) is 3.26. The first kappa shape index (κ1) is 20.1. The van der Waals surface area contributed by atoms with Gasteiger partial charge in [0, 0.05) is 18.6 Å². The number of amides is 1. The van der Waals surface area contributed by atoms with Crippen LogP contribution in [0, 0.1) is 0 Å². The minimum absolute atomic E-state index is 0.0556. The number of carbonyl (C=O) groups excluding carboxylic acids is 1. The molecule has 2 aliphatic rings. The van der Waals surface area contributed by atoms with Crippen LogP contribution in [0.4, 0.5) is 0 Å². The summed E-state index contributed by atoms with van der Waals surface area (Å²) in [6, 6.07) is 7.87. The fourth-order valence-corrected chi connectivity index (χ4v) is 6.01. The standard InChI is InChI=1S/C20H30N2O4S/c1-21(13-16-7-9-19(26-2)10-8-16)14-20(23)22(17-5-3-4-6-17)18-11-12-27(24,25)15-18/h7-10,17-18H,3-6,11-15H2,1-2H3/t18-/m1/s1. The lowest BCUT2D eigenvalue weighted by Crippen LogP contribution is -2.50. The fraction of sp³-hybridized carbons (Fsp3) is 0.650. The van der Waals surface area contributed by atoms with E-state index in [9.17, 15) is 13.2 Å². The number of methoxy groups -OCH3 is 1. The summed E-state index contributed by atoms with van der Waals surface area (Å²) in [4.78, 5) is 17.0. The molecule has 2 fully saturated rings. The molecular weight excluding hydrogens is 364 g/mol. The Bertz CT molecular complexity index is 742. The molecule has 0 unspecified atom stereocenters. The molecule has 150 valence electrons. The molecule has 0 aromatic heterocycles. The minimum atomic E-state index is -3.01. The topological polar surface area (TPSA) is 66.9 Å². The zero-order valence-corrected chi connectivity index (χ0v) is 17.1. The lowest BCUT2D eigenvalue weighted by molar-refractivity contribution is -0.136. The largest absolute Gasteiger partial charge is 0.497 e. The molecule has 1 saturated carbocycles. The van der Waals surface area contributed by atoms with Crippen LogP contribution >= 0.6 is 0 Å². The molecule has 1 aromatic rings. The van der Waals surface area contributed by atoms with Gasteiger partial charge in [-0.05, 0) is 44.0 Å². The Hall–Kier alpha value is -1.60. The number of carbonyl (C=O) groups is 1. The molecule has 1 atom stereocenters. The Morgan fingerprint density at radius 1 is 1.11 bits per heavy atom. The molecule has 1 saturated heterocycles. The van der Waals surface area contributed by atoms with Gasteiger partial charge >= 0.3 is 0 Å². The Kier molecular flexibility index (Phi) is 6.42. The quantitative estimate of drug-likeness (QED) is 0.708. The maximum atomic E-state index is 13.1. The van der Waals surface area contributed by atoms with Gasteiger partial charge in [-0.15, -0.1) is 0 Å². The number of benzene rings is 1. The second kappa shape index (κ2) is 8.61. The van der Waals surface area contributed by atoms with Crippen molar-refractivity contribution in [3.63, 3.8) is 0 Å². The normalized spacial score (nSPS) is 22.3. The van der Waals surface area contributed by atoms with Crippen LogP contribution in [-0.2, 0) is 21.2 Å². The van der Waals surface area contributed by atoms with Crippen molar-refractivity contribution in [3.8, 4) is 5.75 Å². The van der Waals surface area contributed by atoms with Crippen molar-refractivity contribution in [2.75, 3.05) is 32.2 Å². The molecule has 0 bridgehead atoms. The Morgan fingerprint density at radius 3 is 2.33 bits per heavy atom. The third kappa shape index (κ3) is 5.23. The second-order valence-electron chi connectivity index (χ2n) is 7.82. The van der Waals surface area contributed by atoms with E-state index in [0.717, 1.165) is 37.0 Å². The summed E-state index contributed by atoms with van der Waals surface area (Å²) in [7, 11) is 0.564. The van der Waals surface area contributed by atoms with Gasteiger partial charge in [-0.25, -0.2) is 8.42 Å². The molecule has 0 radical (unpaired) electrons. The average molecular weight is 395 g/mol. The summed E-state index contributed by atoms with van der Waals surface area (Å²) in [6.45, 7) is 0.969. The molecule has 1 heterocycles. The number of rotatable bonds is 7. The molecule has 7 heteroatoms. The van der Waals surface area contributed by atoms with E-state index in [-0.39, 0.29) is 29.5 Å². The van der Waals surface area contributed by atoms with Crippen LogP contribution in [0.25, 0.3) is 0 Å². The molecular formula is C20H30N2O4S. The molecule has 3 rings (SSSR count). The van der Waals surface area contributed by atoms with E-state index in [1.165, 1.54) is 0 Å². The summed E-state index contributed by atoms with van der Waals surface area (Å²) < 4.78 is 29.1. The van der Waals surface area contributed by atoms with Gasteiger partial charge < -0.3 is 9.64 Å². The molecule has 0 spiro atoms. The minimum Gasteiger partial charge on any atom is -0.497 e. The molecule has 1 amide bonds. The first-order valence-corrected chi connectivity index (χ1v) is 11.5. The van der Waals surface area contributed by atoms with Crippen LogP contribution in [-0.4, -0.2) is 68.4 Å². The molecule has 1 aromatic carbocycles. The number of hydrogen-bond donors (Lipinski definition) is 0. The van der Waals surface area contributed by atoms with Crippen LogP contribution in [0.15, 0.2) is 24.3 Å². The van der Waals surface area contributed by atoms with E-state index in [4.69, 9.17) is 4.74 Å². The third-order valence-corrected chi connectivity index (χ3v) is 7.37. The first-order chi connectivity index (χ1) is 12.9. The van der Waals surface area contributed by atoms with E-state index < -0.39 is 9.84 Å². The Labute approximate surface area is 162 Å². The number of likely N-dealkylation sites (N-methyl/N-ethyl adjacent to an activating group) is 1. The maximum absolute atomic E-state index is 13.1. The van der Waals surface area contributed by atoms with Gasteiger partial charge in [0.2, 0.25) is 5.91 Å². The zero-order chi connectivity index (χ0) is 19.4. The van der Waals surface area contributed by atoms with Crippen molar-refractivity contribution < 1.29 is 17.9 Å². The fourth-order valence-electron chi connectivity index (χ4n) is 4.29. The van der Waals surface area contributed by atoms with E-state index >= 15 is 0 Å². The highest BCUT2D eigenvalue weighted by atomic mass is 32.2. The van der Waals surface area contributed by atoms with Crippen molar-refractivity contribution >= 4 is 15.7 Å². The van der Waals surface area contributed by atoms with E-state index in [1.807, 2.05) is 41.1 Å². The van der Waals surface area contributed by atoms with Gasteiger partial charge in [-0.2, -0.15) is 0 Å². The Balaban J connectivity index is 1.64. The van der Waals surface area contributed by atoms with Crippen molar-refractivity contribution in [2.45, 2.75) is 50.7 Å². The SMILES string of the molecule is COc1ccc(CN(C)CC(=O)N(C2CCCC2)[C@@H]2CCS(=O)(=O)C2)cc1. The van der Waals surface area contributed by atoms with Crippen molar-refractivity contribution in [2.24, 2.45) is 0 Å². The highest BCUT2D eigenvalue weighted by Gasteiger charge is 2.39. The summed E-state index contributed by atoms with van der Waals surface area (Å²) in [5.41, 5.74) is 1.11. The lowest BCUT2D eigenvalue weighted by Gasteiger charge is -2.35. The number of hydrogen-bond acceptors (Lipinski definition) is 5. The molecule has 6 nitrogen and oxygen atoms in total. The van der Waals surface area contributed by atoms with Crippen LogP contribution in [0.1, 0.15) is 37.7 Å². The van der Waals surface area contributed by atoms with Crippen LogP contribution in [0.5, 0.6) is 5.75 Å². The summed E-state index contributed by atoms with van der Waals surface area (Å²) in [5, 5.41) is 0. The van der Waals surface area contributed by atoms with Gasteiger partial charge in [-0.3, -0.25) is 9.69 Å². The molecule has 0 N–H and O–H groups in total. The predicted molar refractivity (Wildman–Crippen MR) is 105 cm³/mol. The van der Waals surface area contributed by atoms with Crippen LogP contribution in [0.2, 0.25) is 0 Å². The predicted octanol–water partition coefficient (Wildman–Crippen LogP) is 2.09. The van der Waals surface area contributed by atoms with Gasteiger partial charge in [-0.1, -0.05) is 25.0 Å². The Morgan fingerprint density at radius 2 is 1.78 bits per heavy atom. The molecule has 1 aliphatic heterocycles. The number of ether oxygens (including phenoxy) is 1. The maximum Gasteiger partial charge on any atom is 0.237 e. The summed E-state index contributed by atoms with van der Waals surface area (Å²) in [5.74, 6) is 1.19. The van der Waals surface area contributed by atoms with Gasteiger partial charge in [0.05, 0.1) is 25.2 Å². The lowest BCUT2D eigenvalue weighted by atomic mass is 10.1. The highest BCUT2D eigenvalue weighted by Crippen LogP contribution is 2.29. The van der Waals surface area contributed by atoms with E-state index in [0.29, 0.717) is 19.5 Å². The molecule has 1 aliphatic carbocycles. The van der Waals surface area contributed by atoms with Crippen molar-refractivity contribution in [1.29, 1.82) is 0 Å². The molecule has 27 heavy (non-hydrogen) atoms. The monoisotopic (exact) mass is 394 g/mol. The highest BCUT2D eigenvalue weighted by molar-refractivity contribution is 7.91. The van der Waals surface area contributed by atoms with Gasteiger partial charge in [0.25, 0.3) is 0 Å². The van der Waals surface area contributed by atoms with Crippen LogP contribution < -0.4 is 4.74 Å². The summed E-state index contributed by atoms with van der Waals surface area (Å²) >= 11 is 0. The third-order valence-electron chi connectivity index (χ3n) is 5.62. The number of sulfone groups is 1. The first-order valence-electron chi connectivity index (χ1n) is 9.71. The van der Waals surface area contributed by atoms with Gasteiger partial charge in [0.1, 0.15) is 5.75 Å². The van der Waals surface area contributed by atoms with Crippen molar-refractivity contribution in [3.05, 3.63) is 29.8 Å². The second-order valence-corrected chi connectivity index (χ2v) is 10.0. The van der Waals surface area contributed by atoms with Gasteiger partial charge in [0.15, 0.2) is 9.84 Å². The number of nitrogens with zero attached hydrogens (tertiary/aromatic N) is 2. The summed E-state index contributed by atoms with van der Waals surface area (Å²) in [6.07, 6.45) is 4.80. The zero-order valence-electron chi connectivity index (χ0n) is 16.3.